The summed E-state index contributed by atoms with van der Waals surface area (Å²) < 4.78 is 11.5. The van der Waals surface area contributed by atoms with Gasteiger partial charge in [-0.05, 0) is 38.0 Å². The average molecular weight is 343 g/mol. The number of hydrogen-bond acceptors (Lipinski definition) is 5. The molecule has 6 heteroatoms. The fourth-order valence-corrected chi connectivity index (χ4v) is 2.27. The lowest BCUT2D eigenvalue weighted by atomic mass is 10.1. The number of carbonyl (C=O) groups is 3. The van der Waals surface area contributed by atoms with Crippen LogP contribution in [0.3, 0.4) is 0 Å². The molecule has 0 unspecified atom stereocenters. The lowest BCUT2D eigenvalue weighted by molar-refractivity contribution is -0.139. The average Bonchev–Trinajstić information content (AvgIpc) is 2.97. The lowest BCUT2D eigenvalue weighted by Gasteiger charge is -2.20. The largest absolute Gasteiger partial charge is 0.469 e. The van der Waals surface area contributed by atoms with Crippen LogP contribution in [0.25, 0.3) is 11.3 Å². The molecule has 0 bridgehead atoms. The molecule has 0 N–H and O–H groups in total. The van der Waals surface area contributed by atoms with Crippen molar-refractivity contribution < 1.29 is 23.9 Å². The summed E-state index contributed by atoms with van der Waals surface area (Å²) in [6.45, 7) is 5.34. The molecule has 0 saturated carbocycles. The summed E-state index contributed by atoms with van der Waals surface area (Å²) in [7, 11) is 1.31. The molecule has 132 valence electrons. The number of aromatic nitrogens is 1. The summed E-state index contributed by atoms with van der Waals surface area (Å²) in [4.78, 5) is 34.9. The summed E-state index contributed by atoms with van der Waals surface area (Å²) in [6.07, 6.45) is 1.82. The molecule has 0 radical (unpaired) electrons. The van der Waals surface area contributed by atoms with Crippen LogP contribution in [0.2, 0.25) is 0 Å². The fourth-order valence-electron chi connectivity index (χ4n) is 2.27. The Kier molecular flexibility index (Phi) is 5.41. The Morgan fingerprint density at radius 3 is 2.32 bits per heavy atom. The van der Waals surface area contributed by atoms with Gasteiger partial charge >= 0.3 is 12.1 Å². The third-order valence-corrected chi connectivity index (χ3v) is 3.39. The van der Waals surface area contributed by atoms with Crippen molar-refractivity contribution in [1.29, 1.82) is 0 Å². The van der Waals surface area contributed by atoms with E-state index >= 15 is 0 Å². The summed E-state index contributed by atoms with van der Waals surface area (Å²) in [5, 5.41) is 0. The molecule has 2 aromatic rings. The molecule has 1 aromatic heterocycles. The third kappa shape index (κ3) is 4.79. The maximum absolute atomic E-state index is 12.5. The van der Waals surface area contributed by atoms with Crippen LogP contribution in [0, 0.1) is 0 Å². The van der Waals surface area contributed by atoms with Gasteiger partial charge in [-0.25, -0.2) is 4.79 Å². The Bertz CT molecular complexity index is 781. The van der Waals surface area contributed by atoms with E-state index in [9.17, 15) is 14.4 Å². The van der Waals surface area contributed by atoms with Gasteiger partial charge in [0.15, 0.2) is 0 Å². The smallest absolute Gasteiger partial charge is 0.418 e. The molecule has 0 aliphatic carbocycles. The van der Waals surface area contributed by atoms with Crippen LogP contribution in [0.15, 0.2) is 36.5 Å². The van der Waals surface area contributed by atoms with E-state index in [0.29, 0.717) is 16.8 Å². The van der Waals surface area contributed by atoms with Crippen LogP contribution in [0.1, 0.15) is 36.7 Å². The standard InChI is InChI=1S/C19H21NO5/c1-19(2,3)25-18(23)20-11-14(10-17(22)24-4)9-16(20)15-7-5-13(12-21)6-8-15/h5-9,11-12H,10H2,1-4H3. The molecule has 0 saturated heterocycles. The molecule has 0 aliphatic rings. The van der Waals surface area contributed by atoms with Crippen molar-refractivity contribution >= 4 is 18.3 Å². The zero-order valence-electron chi connectivity index (χ0n) is 14.7. The monoisotopic (exact) mass is 343 g/mol. The van der Waals surface area contributed by atoms with E-state index in [2.05, 4.69) is 4.74 Å². The molecule has 0 fully saturated rings. The zero-order chi connectivity index (χ0) is 18.6. The maximum Gasteiger partial charge on any atom is 0.418 e. The van der Waals surface area contributed by atoms with Gasteiger partial charge in [0.2, 0.25) is 0 Å². The van der Waals surface area contributed by atoms with E-state index in [0.717, 1.165) is 11.8 Å². The summed E-state index contributed by atoms with van der Waals surface area (Å²) >= 11 is 0. The van der Waals surface area contributed by atoms with Crippen LogP contribution >= 0.6 is 0 Å². The minimum atomic E-state index is -0.650. The highest BCUT2D eigenvalue weighted by atomic mass is 16.6. The van der Waals surface area contributed by atoms with Gasteiger partial charge in [-0.1, -0.05) is 24.3 Å². The maximum atomic E-state index is 12.5. The molecular formula is C19H21NO5. The van der Waals surface area contributed by atoms with Crippen molar-refractivity contribution in [2.45, 2.75) is 32.8 Å². The van der Waals surface area contributed by atoms with Gasteiger partial charge in [0.1, 0.15) is 11.9 Å². The highest BCUT2D eigenvalue weighted by molar-refractivity contribution is 5.82. The van der Waals surface area contributed by atoms with E-state index < -0.39 is 17.7 Å². The van der Waals surface area contributed by atoms with Crippen molar-refractivity contribution in [2.24, 2.45) is 0 Å². The van der Waals surface area contributed by atoms with Gasteiger partial charge < -0.3 is 9.47 Å². The van der Waals surface area contributed by atoms with Crippen molar-refractivity contribution in [1.82, 2.24) is 4.57 Å². The lowest BCUT2D eigenvalue weighted by Crippen LogP contribution is -2.27. The van der Waals surface area contributed by atoms with Crippen molar-refractivity contribution in [2.75, 3.05) is 7.11 Å². The molecule has 0 atom stereocenters. The van der Waals surface area contributed by atoms with Crippen molar-refractivity contribution in [3.63, 3.8) is 0 Å². The van der Waals surface area contributed by atoms with Gasteiger partial charge in [-0.2, -0.15) is 0 Å². The van der Waals surface area contributed by atoms with Gasteiger partial charge in [0.25, 0.3) is 0 Å². The minimum Gasteiger partial charge on any atom is -0.469 e. The number of benzene rings is 1. The second-order valence-corrected chi connectivity index (χ2v) is 6.58. The number of carbonyl (C=O) groups excluding carboxylic acids is 3. The highest BCUT2D eigenvalue weighted by Gasteiger charge is 2.21. The number of rotatable bonds is 4. The number of ether oxygens (including phenoxy) is 2. The summed E-state index contributed by atoms with van der Waals surface area (Å²) in [5.74, 6) is -0.399. The normalized spacial score (nSPS) is 11.0. The van der Waals surface area contributed by atoms with Gasteiger partial charge in [-0.3, -0.25) is 14.2 Å². The molecule has 6 nitrogen and oxygen atoms in total. The Hall–Kier alpha value is -2.89. The van der Waals surface area contributed by atoms with Crippen LogP contribution in [0.4, 0.5) is 4.79 Å². The predicted octanol–water partition coefficient (Wildman–Crippen LogP) is 3.47. The first-order valence-electron chi connectivity index (χ1n) is 7.80. The van der Waals surface area contributed by atoms with E-state index in [1.165, 1.54) is 11.7 Å². The van der Waals surface area contributed by atoms with Crippen LogP contribution in [-0.4, -0.2) is 35.6 Å². The number of nitrogens with zero attached hydrogens (tertiary/aromatic N) is 1. The Morgan fingerprint density at radius 1 is 1.16 bits per heavy atom. The Balaban J connectivity index is 2.45. The first kappa shape index (κ1) is 18.4. The molecular weight excluding hydrogens is 322 g/mol. The van der Waals surface area contributed by atoms with Gasteiger partial charge in [0.05, 0.1) is 19.2 Å². The SMILES string of the molecule is COC(=O)Cc1cc(-c2ccc(C=O)cc2)n(C(=O)OC(C)(C)C)c1. The van der Waals surface area contributed by atoms with E-state index in [1.807, 2.05) is 0 Å². The minimum absolute atomic E-state index is 0.0473. The zero-order valence-corrected chi connectivity index (χ0v) is 14.7. The first-order chi connectivity index (χ1) is 11.7. The van der Waals surface area contributed by atoms with Crippen molar-refractivity contribution in [3.05, 3.63) is 47.7 Å². The molecule has 1 aromatic carbocycles. The highest BCUT2D eigenvalue weighted by Crippen LogP contribution is 2.25. The molecule has 0 spiro atoms. The predicted molar refractivity (Wildman–Crippen MR) is 92.6 cm³/mol. The molecule has 0 amide bonds. The van der Waals surface area contributed by atoms with Gasteiger partial charge in [-0.15, -0.1) is 0 Å². The third-order valence-electron chi connectivity index (χ3n) is 3.39. The number of hydrogen-bond donors (Lipinski definition) is 0. The second-order valence-electron chi connectivity index (χ2n) is 6.58. The summed E-state index contributed by atoms with van der Waals surface area (Å²) in [6, 6.07) is 8.53. The van der Waals surface area contributed by atoms with Gasteiger partial charge in [0, 0.05) is 11.8 Å². The van der Waals surface area contributed by atoms with Crippen LogP contribution in [-0.2, 0) is 20.7 Å². The fraction of sp³-hybridized carbons (Fsp3) is 0.316. The Labute approximate surface area is 146 Å². The topological polar surface area (TPSA) is 74.6 Å². The molecule has 25 heavy (non-hydrogen) atoms. The molecule has 0 aliphatic heterocycles. The molecule has 2 rings (SSSR count). The first-order valence-corrected chi connectivity index (χ1v) is 7.80. The number of aldehydes is 1. The van der Waals surface area contributed by atoms with E-state index in [-0.39, 0.29) is 6.42 Å². The van der Waals surface area contributed by atoms with E-state index in [1.54, 1.807) is 57.3 Å². The van der Waals surface area contributed by atoms with Crippen LogP contribution < -0.4 is 0 Å². The Morgan fingerprint density at radius 2 is 1.80 bits per heavy atom. The second kappa shape index (κ2) is 7.34. The summed E-state index contributed by atoms with van der Waals surface area (Å²) in [5.41, 5.74) is 1.82. The quantitative estimate of drug-likeness (QED) is 0.628. The van der Waals surface area contributed by atoms with Crippen molar-refractivity contribution in [3.8, 4) is 11.3 Å². The van der Waals surface area contributed by atoms with E-state index in [4.69, 9.17) is 4.74 Å². The number of methoxy groups -OCH3 is 1. The molecule has 1 heterocycles. The number of esters is 1. The van der Waals surface area contributed by atoms with Crippen LogP contribution in [0.5, 0.6) is 0 Å².